The van der Waals surface area contributed by atoms with Gasteiger partial charge < -0.3 is 5.32 Å². The molecule has 0 radical (unpaired) electrons. The summed E-state index contributed by atoms with van der Waals surface area (Å²) in [5, 5.41) is 6.45. The van der Waals surface area contributed by atoms with E-state index in [0.717, 1.165) is 19.3 Å². The maximum absolute atomic E-state index is 12.3. The Bertz CT molecular complexity index is 559. The quantitative estimate of drug-likeness (QED) is 0.926. The second kappa shape index (κ2) is 6.25. The van der Waals surface area contributed by atoms with Crippen LogP contribution in [0.5, 0.6) is 0 Å². The molecule has 0 aliphatic heterocycles. The van der Waals surface area contributed by atoms with Crippen LogP contribution in [0.4, 0.5) is 18.9 Å². The smallest absolute Gasteiger partial charge is 0.379 e. The average molecular weight is 324 g/mol. The lowest BCUT2D eigenvalue weighted by atomic mass is 9.86. The van der Waals surface area contributed by atoms with Gasteiger partial charge in [-0.2, -0.15) is 18.3 Å². The van der Waals surface area contributed by atoms with Crippen molar-refractivity contribution in [1.29, 1.82) is 0 Å². The number of nitrogens with zero attached hydrogens (tertiary/aromatic N) is 2. The Kier molecular flexibility index (Phi) is 4.81. The van der Waals surface area contributed by atoms with Gasteiger partial charge in [0.05, 0.1) is 11.9 Å². The molecule has 21 heavy (non-hydrogen) atoms. The Morgan fingerprint density at radius 1 is 1.43 bits per heavy atom. The summed E-state index contributed by atoms with van der Waals surface area (Å²) in [5.41, 5.74) is -0.624. The van der Waals surface area contributed by atoms with Crippen LogP contribution in [-0.2, 0) is 6.54 Å². The number of hydrogen-bond donors (Lipinski definition) is 1. The lowest BCUT2D eigenvalue weighted by molar-refractivity contribution is -0.143. The van der Waals surface area contributed by atoms with Crippen molar-refractivity contribution in [2.45, 2.75) is 51.4 Å². The van der Waals surface area contributed by atoms with Crippen molar-refractivity contribution in [2.24, 2.45) is 5.92 Å². The number of rotatable bonds is 3. The molecule has 4 nitrogen and oxygen atoms in total. The van der Waals surface area contributed by atoms with E-state index in [-0.39, 0.29) is 11.1 Å². The van der Waals surface area contributed by atoms with Crippen LogP contribution < -0.4 is 10.9 Å². The van der Waals surface area contributed by atoms with Gasteiger partial charge in [0, 0.05) is 6.04 Å². The molecule has 8 heteroatoms. The van der Waals surface area contributed by atoms with Crippen molar-refractivity contribution in [3.8, 4) is 0 Å². The summed E-state index contributed by atoms with van der Waals surface area (Å²) in [4.78, 5) is 11.8. The van der Waals surface area contributed by atoms with E-state index in [0.29, 0.717) is 16.3 Å². The van der Waals surface area contributed by atoms with Crippen LogP contribution in [0.25, 0.3) is 0 Å². The predicted octanol–water partition coefficient (Wildman–Crippen LogP) is 3.45. The standard InChI is InChI=1S/C13H17ClF3N3O/c1-8-4-2-3-5-9(8)19-10-6-18-20(7-13(15,16)17)12(21)11(10)14/h6,8-9,19H,2-5,7H2,1H3. The molecule has 1 N–H and O–H groups in total. The van der Waals surface area contributed by atoms with E-state index in [9.17, 15) is 18.0 Å². The Morgan fingerprint density at radius 2 is 2.10 bits per heavy atom. The van der Waals surface area contributed by atoms with Gasteiger partial charge in [0.1, 0.15) is 11.6 Å². The van der Waals surface area contributed by atoms with Crippen molar-refractivity contribution in [1.82, 2.24) is 9.78 Å². The first-order valence-electron chi connectivity index (χ1n) is 6.87. The molecule has 118 valence electrons. The van der Waals surface area contributed by atoms with Gasteiger partial charge in [-0.1, -0.05) is 31.4 Å². The highest BCUT2D eigenvalue weighted by molar-refractivity contribution is 6.32. The predicted molar refractivity (Wildman–Crippen MR) is 74.6 cm³/mol. The zero-order valence-electron chi connectivity index (χ0n) is 11.6. The van der Waals surface area contributed by atoms with E-state index in [1.54, 1.807) is 0 Å². The molecule has 2 rings (SSSR count). The van der Waals surface area contributed by atoms with Crippen LogP contribution in [0.1, 0.15) is 32.6 Å². The molecule has 1 heterocycles. The largest absolute Gasteiger partial charge is 0.408 e. The summed E-state index contributed by atoms with van der Waals surface area (Å²) >= 11 is 5.89. The molecule has 1 aromatic rings. The van der Waals surface area contributed by atoms with Crippen LogP contribution >= 0.6 is 11.6 Å². The number of halogens is 4. The average Bonchev–Trinajstić information content (AvgIpc) is 2.39. The lowest BCUT2D eigenvalue weighted by Gasteiger charge is -2.30. The minimum absolute atomic E-state index is 0.163. The summed E-state index contributed by atoms with van der Waals surface area (Å²) in [5.74, 6) is 0.424. The molecule has 1 aliphatic carbocycles. The third-order valence-corrected chi connectivity index (χ3v) is 4.13. The minimum atomic E-state index is -4.51. The fraction of sp³-hybridized carbons (Fsp3) is 0.692. The van der Waals surface area contributed by atoms with Gasteiger partial charge in [-0.3, -0.25) is 4.79 Å². The Hall–Kier alpha value is -1.24. The Labute approximate surface area is 125 Å². The second-order valence-electron chi connectivity index (χ2n) is 5.46. The third kappa shape index (κ3) is 4.12. The highest BCUT2D eigenvalue weighted by Crippen LogP contribution is 2.28. The topological polar surface area (TPSA) is 46.9 Å². The first-order valence-corrected chi connectivity index (χ1v) is 7.24. The molecule has 0 saturated heterocycles. The number of aromatic nitrogens is 2. The molecular weight excluding hydrogens is 307 g/mol. The Morgan fingerprint density at radius 3 is 2.71 bits per heavy atom. The van der Waals surface area contributed by atoms with Gasteiger partial charge in [0.25, 0.3) is 5.56 Å². The highest BCUT2D eigenvalue weighted by atomic mass is 35.5. The number of hydrogen-bond acceptors (Lipinski definition) is 3. The number of anilines is 1. The maximum atomic E-state index is 12.3. The van der Waals surface area contributed by atoms with E-state index >= 15 is 0 Å². The number of alkyl halides is 3. The fourth-order valence-corrected chi connectivity index (χ4v) is 2.78. The van der Waals surface area contributed by atoms with Crippen molar-refractivity contribution in [3.05, 3.63) is 21.6 Å². The van der Waals surface area contributed by atoms with Crippen LogP contribution in [0.15, 0.2) is 11.0 Å². The van der Waals surface area contributed by atoms with Crippen LogP contribution in [-0.4, -0.2) is 22.0 Å². The molecule has 1 aromatic heterocycles. The molecule has 0 bridgehead atoms. The summed E-state index contributed by atoms with van der Waals surface area (Å²) in [6, 6.07) is 0.163. The third-order valence-electron chi connectivity index (χ3n) is 3.77. The molecule has 0 aromatic carbocycles. The zero-order valence-corrected chi connectivity index (χ0v) is 12.3. The van der Waals surface area contributed by atoms with Gasteiger partial charge in [-0.25, -0.2) is 4.68 Å². The summed E-state index contributed by atoms with van der Waals surface area (Å²) in [6.07, 6.45) is 0.956. The molecule has 1 aliphatic rings. The zero-order chi connectivity index (χ0) is 15.6. The van der Waals surface area contributed by atoms with Gasteiger partial charge >= 0.3 is 6.18 Å². The number of nitrogens with one attached hydrogen (secondary N) is 1. The monoisotopic (exact) mass is 323 g/mol. The van der Waals surface area contributed by atoms with E-state index in [4.69, 9.17) is 11.6 Å². The van der Waals surface area contributed by atoms with Gasteiger partial charge in [0.15, 0.2) is 0 Å². The maximum Gasteiger partial charge on any atom is 0.408 e. The normalized spacial score (nSPS) is 23.1. The first kappa shape index (κ1) is 16.1. The summed E-state index contributed by atoms with van der Waals surface area (Å²) < 4.78 is 37.3. The van der Waals surface area contributed by atoms with Crippen molar-refractivity contribution in [3.63, 3.8) is 0 Å². The second-order valence-corrected chi connectivity index (χ2v) is 5.84. The SMILES string of the molecule is CC1CCCCC1Nc1cnn(CC(F)(F)F)c(=O)c1Cl. The molecule has 1 fully saturated rings. The van der Waals surface area contributed by atoms with E-state index in [2.05, 4.69) is 17.3 Å². The lowest BCUT2D eigenvalue weighted by Crippen LogP contribution is -2.34. The van der Waals surface area contributed by atoms with Crippen LogP contribution in [0, 0.1) is 5.92 Å². The molecule has 0 amide bonds. The highest BCUT2D eigenvalue weighted by Gasteiger charge is 2.30. The van der Waals surface area contributed by atoms with Gasteiger partial charge in [-0.05, 0) is 18.8 Å². The summed E-state index contributed by atoms with van der Waals surface area (Å²) in [7, 11) is 0. The molecular formula is C13H17ClF3N3O. The van der Waals surface area contributed by atoms with E-state index < -0.39 is 18.3 Å². The first-order chi connectivity index (χ1) is 9.78. The molecule has 0 spiro atoms. The van der Waals surface area contributed by atoms with Crippen molar-refractivity contribution >= 4 is 17.3 Å². The van der Waals surface area contributed by atoms with Gasteiger partial charge in [-0.15, -0.1) is 0 Å². The molecule has 2 atom stereocenters. The van der Waals surface area contributed by atoms with Gasteiger partial charge in [0.2, 0.25) is 0 Å². The van der Waals surface area contributed by atoms with Crippen LogP contribution in [0.2, 0.25) is 5.02 Å². The van der Waals surface area contributed by atoms with E-state index in [1.165, 1.54) is 12.6 Å². The van der Waals surface area contributed by atoms with Crippen molar-refractivity contribution < 1.29 is 13.2 Å². The van der Waals surface area contributed by atoms with E-state index in [1.807, 2.05) is 0 Å². The molecule has 1 saturated carbocycles. The fourth-order valence-electron chi connectivity index (χ4n) is 2.58. The molecule has 2 unspecified atom stereocenters. The Balaban J connectivity index is 2.18. The summed E-state index contributed by atoms with van der Waals surface area (Å²) in [6.45, 7) is 0.661. The minimum Gasteiger partial charge on any atom is -0.379 e. The van der Waals surface area contributed by atoms with Crippen LogP contribution in [0.3, 0.4) is 0 Å². The van der Waals surface area contributed by atoms with Crippen molar-refractivity contribution in [2.75, 3.05) is 5.32 Å².